The van der Waals surface area contributed by atoms with Gasteiger partial charge in [0.1, 0.15) is 0 Å². The van der Waals surface area contributed by atoms with Crippen LogP contribution in [-0.4, -0.2) is 43.8 Å². The number of amides is 2. The molecule has 5 N–H and O–H groups in total. The molecular weight excluding hydrogens is 518 g/mol. The van der Waals surface area contributed by atoms with Crippen molar-refractivity contribution in [1.29, 1.82) is 5.26 Å². The highest BCUT2D eigenvalue weighted by Crippen LogP contribution is 2.34. The van der Waals surface area contributed by atoms with Gasteiger partial charge >= 0.3 is 12.1 Å². The standard InChI is InChI=1S/C24H17N5O8S/c1-36-24(33)27-14-5-3-13(4-6-14)15-9-19-17(10-20(15)38(26,34)35)21(29-37-19)22(30)28-18-7-2-12(11-25)8-16(18)23(31)32/h2-10H,1H3,(H,27,33)(H,28,30)(H,31,32)(H2,26,34,35). The molecule has 13 nitrogen and oxygen atoms in total. The monoisotopic (exact) mass is 535 g/mol. The molecule has 3 aromatic carbocycles. The fraction of sp³-hybridized carbons (Fsp3) is 0.0417. The number of rotatable bonds is 6. The lowest BCUT2D eigenvalue weighted by Gasteiger charge is -2.10. The number of nitrogens with two attached hydrogens (primary N) is 1. The number of ether oxygens (including phenoxy) is 1. The first-order valence-corrected chi connectivity index (χ1v) is 12.1. The van der Waals surface area contributed by atoms with E-state index in [0.29, 0.717) is 11.3 Å². The Bertz CT molecular complexity index is 1760. The van der Waals surface area contributed by atoms with Crippen molar-refractivity contribution in [3.05, 3.63) is 71.4 Å². The number of carboxylic acid groups (broad SMARTS) is 1. The normalized spacial score (nSPS) is 11.0. The van der Waals surface area contributed by atoms with Gasteiger partial charge in [-0.3, -0.25) is 10.1 Å². The average molecular weight is 535 g/mol. The number of carbonyl (C=O) groups excluding carboxylic acids is 2. The minimum Gasteiger partial charge on any atom is -0.478 e. The molecule has 1 aromatic heterocycles. The molecule has 14 heteroatoms. The number of carboxylic acids is 1. The smallest absolute Gasteiger partial charge is 0.411 e. The number of nitrogens with zero attached hydrogens (tertiary/aromatic N) is 2. The zero-order valence-corrected chi connectivity index (χ0v) is 20.2. The molecule has 0 bridgehead atoms. The van der Waals surface area contributed by atoms with Crippen LogP contribution in [0.2, 0.25) is 0 Å². The van der Waals surface area contributed by atoms with Gasteiger partial charge in [-0.05, 0) is 48.0 Å². The van der Waals surface area contributed by atoms with E-state index in [4.69, 9.17) is 14.9 Å². The SMILES string of the molecule is COC(=O)Nc1ccc(-c2cc3onc(C(=O)Nc4ccc(C#N)cc4C(=O)O)c3cc2S(N)(=O)=O)cc1. The van der Waals surface area contributed by atoms with Crippen LogP contribution < -0.4 is 15.8 Å². The fourth-order valence-corrected chi connectivity index (χ4v) is 4.34. The molecule has 1 heterocycles. The topological polar surface area (TPSA) is 215 Å². The Morgan fingerprint density at radius 2 is 1.79 bits per heavy atom. The van der Waals surface area contributed by atoms with Gasteiger partial charge in [-0.1, -0.05) is 17.3 Å². The number of methoxy groups -OCH3 is 1. The lowest BCUT2D eigenvalue weighted by atomic mass is 10.0. The molecule has 0 spiro atoms. The van der Waals surface area contributed by atoms with E-state index in [1.54, 1.807) is 0 Å². The molecule has 2 amide bonds. The summed E-state index contributed by atoms with van der Waals surface area (Å²) in [6.45, 7) is 0. The Morgan fingerprint density at radius 1 is 1.08 bits per heavy atom. The fourth-order valence-electron chi connectivity index (χ4n) is 3.57. The molecule has 0 saturated carbocycles. The second-order valence-electron chi connectivity index (χ2n) is 7.75. The molecule has 0 aliphatic heterocycles. The van der Waals surface area contributed by atoms with Crippen LogP contribution in [0.5, 0.6) is 0 Å². The van der Waals surface area contributed by atoms with Gasteiger partial charge in [0.25, 0.3) is 5.91 Å². The lowest BCUT2D eigenvalue weighted by Crippen LogP contribution is -2.16. The predicted octanol–water partition coefficient (Wildman–Crippen LogP) is 3.14. The molecule has 192 valence electrons. The Labute approximate surface area is 214 Å². The van der Waals surface area contributed by atoms with Gasteiger partial charge in [-0.15, -0.1) is 0 Å². The first-order valence-electron chi connectivity index (χ1n) is 10.5. The number of nitrogens with one attached hydrogen (secondary N) is 2. The first-order chi connectivity index (χ1) is 18.0. The summed E-state index contributed by atoms with van der Waals surface area (Å²) < 4.78 is 34.7. The molecule has 0 fully saturated rings. The van der Waals surface area contributed by atoms with Crippen molar-refractivity contribution in [1.82, 2.24) is 5.16 Å². The molecule has 0 unspecified atom stereocenters. The molecule has 4 aromatic rings. The molecular formula is C24H17N5O8S. The predicted molar refractivity (Wildman–Crippen MR) is 133 cm³/mol. The lowest BCUT2D eigenvalue weighted by molar-refractivity contribution is 0.0698. The maximum Gasteiger partial charge on any atom is 0.411 e. The largest absolute Gasteiger partial charge is 0.478 e. The van der Waals surface area contributed by atoms with Crippen LogP contribution in [0.25, 0.3) is 22.1 Å². The Kier molecular flexibility index (Phi) is 6.80. The van der Waals surface area contributed by atoms with E-state index in [9.17, 15) is 27.9 Å². The first kappa shape index (κ1) is 25.8. The van der Waals surface area contributed by atoms with Crippen molar-refractivity contribution in [3.63, 3.8) is 0 Å². The second kappa shape index (κ2) is 10.0. The summed E-state index contributed by atoms with van der Waals surface area (Å²) in [7, 11) is -3.10. The van der Waals surface area contributed by atoms with Crippen molar-refractivity contribution < 1.29 is 37.2 Å². The highest BCUT2D eigenvalue weighted by molar-refractivity contribution is 7.89. The van der Waals surface area contributed by atoms with Crippen molar-refractivity contribution in [3.8, 4) is 17.2 Å². The van der Waals surface area contributed by atoms with Gasteiger partial charge < -0.3 is 19.7 Å². The Morgan fingerprint density at radius 3 is 2.39 bits per heavy atom. The average Bonchev–Trinajstić information content (AvgIpc) is 3.31. The van der Waals surface area contributed by atoms with Crippen molar-refractivity contribution in [2.24, 2.45) is 5.14 Å². The maximum atomic E-state index is 13.0. The number of nitriles is 1. The van der Waals surface area contributed by atoms with Crippen molar-refractivity contribution in [2.75, 3.05) is 17.7 Å². The van der Waals surface area contributed by atoms with E-state index in [1.165, 1.54) is 49.6 Å². The summed E-state index contributed by atoms with van der Waals surface area (Å²) in [6, 6.07) is 14.0. The van der Waals surface area contributed by atoms with Crippen LogP contribution in [0.3, 0.4) is 0 Å². The van der Waals surface area contributed by atoms with Gasteiger partial charge in [0, 0.05) is 11.3 Å². The summed E-state index contributed by atoms with van der Waals surface area (Å²) in [6.07, 6.45) is -0.687. The number of hydrogen-bond donors (Lipinski definition) is 4. The van der Waals surface area contributed by atoms with Gasteiger partial charge in [-0.2, -0.15) is 5.26 Å². The van der Waals surface area contributed by atoms with Crippen LogP contribution in [0.1, 0.15) is 26.4 Å². The Hall–Kier alpha value is -5.26. The summed E-state index contributed by atoms with van der Waals surface area (Å²) in [4.78, 5) is 35.6. The van der Waals surface area contributed by atoms with E-state index in [2.05, 4.69) is 20.5 Å². The summed E-state index contributed by atoms with van der Waals surface area (Å²) >= 11 is 0. The van der Waals surface area contributed by atoms with E-state index in [1.807, 2.05) is 6.07 Å². The second-order valence-corrected chi connectivity index (χ2v) is 9.28. The number of aromatic nitrogens is 1. The number of hydrogen-bond acceptors (Lipinski definition) is 9. The molecule has 0 saturated heterocycles. The van der Waals surface area contributed by atoms with Crippen LogP contribution in [0.4, 0.5) is 16.2 Å². The van der Waals surface area contributed by atoms with Crippen molar-refractivity contribution in [2.45, 2.75) is 4.90 Å². The number of carbonyl (C=O) groups is 3. The third-order valence-corrected chi connectivity index (χ3v) is 6.30. The van der Waals surface area contributed by atoms with Gasteiger partial charge in [-0.25, -0.2) is 23.1 Å². The number of sulfonamides is 1. The van der Waals surface area contributed by atoms with Gasteiger partial charge in [0.15, 0.2) is 11.3 Å². The quantitative estimate of drug-likeness (QED) is 0.283. The minimum absolute atomic E-state index is 0.00442. The van der Waals surface area contributed by atoms with E-state index in [0.717, 1.165) is 12.1 Å². The van der Waals surface area contributed by atoms with Gasteiger partial charge in [0.2, 0.25) is 10.0 Å². The summed E-state index contributed by atoms with van der Waals surface area (Å²) in [5, 5.41) is 32.5. The number of fused-ring (bicyclic) bond motifs is 1. The van der Waals surface area contributed by atoms with E-state index >= 15 is 0 Å². The zero-order valence-electron chi connectivity index (χ0n) is 19.4. The number of primary sulfonamides is 1. The number of aromatic carboxylic acids is 1. The third kappa shape index (κ3) is 5.14. The third-order valence-electron chi connectivity index (χ3n) is 5.35. The van der Waals surface area contributed by atoms with E-state index < -0.39 is 28.0 Å². The number of benzene rings is 3. The van der Waals surface area contributed by atoms with Gasteiger partial charge in [0.05, 0.1) is 40.3 Å². The van der Waals surface area contributed by atoms with Crippen LogP contribution >= 0.6 is 0 Å². The molecule has 4 rings (SSSR count). The molecule has 38 heavy (non-hydrogen) atoms. The van der Waals surface area contributed by atoms with E-state index in [-0.39, 0.29) is 43.9 Å². The summed E-state index contributed by atoms with van der Waals surface area (Å²) in [5.74, 6) is -2.27. The highest BCUT2D eigenvalue weighted by Gasteiger charge is 2.24. The summed E-state index contributed by atoms with van der Waals surface area (Å²) in [5.41, 5.74) is 0.296. The van der Waals surface area contributed by atoms with Crippen LogP contribution in [0.15, 0.2) is 64.0 Å². The van der Waals surface area contributed by atoms with Crippen molar-refractivity contribution >= 4 is 50.3 Å². The zero-order chi connectivity index (χ0) is 27.6. The van der Waals surface area contributed by atoms with Crippen LogP contribution in [-0.2, 0) is 14.8 Å². The molecule has 0 atom stereocenters. The Balaban J connectivity index is 1.75. The minimum atomic E-state index is -4.31. The molecule has 0 radical (unpaired) electrons. The maximum absolute atomic E-state index is 13.0. The highest BCUT2D eigenvalue weighted by atomic mass is 32.2. The molecule has 0 aliphatic carbocycles. The van der Waals surface area contributed by atoms with Crippen LogP contribution in [0, 0.1) is 11.3 Å². The number of anilines is 2. The molecule has 0 aliphatic rings.